The summed E-state index contributed by atoms with van der Waals surface area (Å²) in [5.41, 5.74) is 0. The van der Waals surface area contributed by atoms with E-state index in [1.54, 1.807) is 0 Å². The zero-order chi connectivity index (χ0) is 60.5. The molecule has 0 fully saturated rings. The fraction of sp³-hybridized carbons (Fsp3) is 0.959. The molecule has 9 heteroatoms. The van der Waals surface area contributed by atoms with Crippen molar-refractivity contribution in [3.63, 3.8) is 0 Å². The molecular weight excluding hydrogens is 1040 g/mol. The van der Waals surface area contributed by atoms with Crippen molar-refractivity contribution < 1.29 is 32.9 Å². The number of carbonyl (C=O) groups excluding carboxylic acids is 1. The predicted octanol–water partition coefficient (Wildman–Crippen LogP) is 24.1. The lowest BCUT2D eigenvalue weighted by Gasteiger charge is -2.26. The first kappa shape index (κ1) is 82.2. The molecule has 496 valence electrons. The van der Waals surface area contributed by atoms with E-state index in [0.29, 0.717) is 23.9 Å². The number of nitrogens with zero attached hydrogens (tertiary/aromatic N) is 1. The fourth-order valence-corrected chi connectivity index (χ4v) is 12.7. The summed E-state index contributed by atoms with van der Waals surface area (Å²) in [4.78, 5) is 23.5. The minimum atomic E-state index is -4.33. The topological polar surface area (TPSA) is 105 Å². The highest BCUT2D eigenvalue weighted by molar-refractivity contribution is 7.47. The molecule has 0 saturated carbocycles. The highest BCUT2D eigenvalue weighted by Crippen LogP contribution is 2.43. The number of allylic oxidation sites excluding steroid dienone is 2. The molecular formula is C74H150N2O6P+. The van der Waals surface area contributed by atoms with E-state index in [1.807, 2.05) is 21.1 Å². The summed E-state index contributed by atoms with van der Waals surface area (Å²) >= 11 is 0. The molecule has 0 aliphatic rings. The molecule has 83 heavy (non-hydrogen) atoms. The van der Waals surface area contributed by atoms with Gasteiger partial charge in [-0.25, -0.2) is 4.57 Å². The summed E-state index contributed by atoms with van der Waals surface area (Å²) < 4.78 is 23.9. The average molecular weight is 1190 g/mol. The van der Waals surface area contributed by atoms with E-state index in [-0.39, 0.29) is 19.1 Å². The number of unbranched alkanes of at least 4 members (excludes halogenated alkanes) is 56. The van der Waals surface area contributed by atoms with E-state index in [2.05, 4.69) is 31.3 Å². The number of aliphatic hydroxyl groups is 1. The van der Waals surface area contributed by atoms with Crippen molar-refractivity contribution in [1.82, 2.24) is 5.32 Å². The maximum Gasteiger partial charge on any atom is 0.472 e. The monoisotopic (exact) mass is 1190 g/mol. The standard InChI is InChI=1S/C74H149N2O6P/c1-6-8-10-12-14-16-18-20-22-24-26-28-30-32-33-34-35-36-37-38-39-40-41-42-43-44-46-48-50-52-54-56-58-60-62-64-66-68-74(78)75-72(71-82-83(79,80)81-70-69-76(3,4)5)73(77)67-65-63-61-59-57-55-53-51-49-47-45-31-29-27-25-23-21-19-17-15-13-11-9-7-2/h24,26,72-73,77H,6-23,25,27-71H2,1-5H3,(H-,75,78,79,80)/p+1/b26-24-. The van der Waals surface area contributed by atoms with Crippen molar-refractivity contribution in [2.45, 2.75) is 418 Å². The van der Waals surface area contributed by atoms with Gasteiger partial charge in [0.25, 0.3) is 0 Å². The Morgan fingerprint density at radius 2 is 0.651 bits per heavy atom. The number of phosphoric ester groups is 1. The molecule has 0 rings (SSSR count). The van der Waals surface area contributed by atoms with Crippen LogP contribution in [-0.2, 0) is 18.4 Å². The van der Waals surface area contributed by atoms with Gasteiger partial charge in [-0.05, 0) is 38.5 Å². The lowest BCUT2D eigenvalue weighted by Crippen LogP contribution is -2.46. The van der Waals surface area contributed by atoms with Gasteiger partial charge in [0.1, 0.15) is 13.2 Å². The van der Waals surface area contributed by atoms with E-state index < -0.39 is 20.0 Å². The van der Waals surface area contributed by atoms with E-state index >= 15 is 0 Å². The molecule has 8 nitrogen and oxygen atoms in total. The van der Waals surface area contributed by atoms with Crippen LogP contribution >= 0.6 is 7.82 Å². The third kappa shape index (κ3) is 68.6. The minimum absolute atomic E-state index is 0.0788. The lowest BCUT2D eigenvalue weighted by molar-refractivity contribution is -0.870. The van der Waals surface area contributed by atoms with Gasteiger partial charge in [-0.15, -0.1) is 0 Å². The van der Waals surface area contributed by atoms with Crippen molar-refractivity contribution in [3.8, 4) is 0 Å². The molecule has 0 aromatic heterocycles. The summed E-state index contributed by atoms with van der Waals surface area (Å²) in [5, 5.41) is 14.2. The van der Waals surface area contributed by atoms with Crippen molar-refractivity contribution >= 4 is 13.7 Å². The average Bonchev–Trinajstić information content (AvgIpc) is 3.50. The maximum atomic E-state index is 13.1. The van der Waals surface area contributed by atoms with Crippen molar-refractivity contribution in [2.24, 2.45) is 0 Å². The first-order valence-corrected chi connectivity index (χ1v) is 39.0. The van der Waals surface area contributed by atoms with Gasteiger partial charge in [0, 0.05) is 6.42 Å². The first-order valence-electron chi connectivity index (χ1n) is 37.6. The van der Waals surface area contributed by atoms with Crippen molar-refractivity contribution in [1.29, 1.82) is 0 Å². The van der Waals surface area contributed by atoms with Crippen LogP contribution in [-0.4, -0.2) is 73.4 Å². The van der Waals surface area contributed by atoms with Gasteiger partial charge in [-0.2, -0.15) is 0 Å². The van der Waals surface area contributed by atoms with Crippen LogP contribution in [0.3, 0.4) is 0 Å². The minimum Gasteiger partial charge on any atom is -0.391 e. The van der Waals surface area contributed by atoms with Crippen LogP contribution in [0.25, 0.3) is 0 Å². The normalized spacial score (nSPS) is 13.6. The van der Waals surface area contributed by atoms with Crippen molar-refractivity contribution in [3.05, 3.63) is 12.2 Å². The summed E-state index contributed by atoms with van der Waals surface area (Å²) in [5.74, 6) is -0.133. The van der Waals surface area contributed by atoms with E-state index in [9.17, 15) is 19.4 Å². The first-order chi connectivity index (χ1) is 40.5. The summed E-state index contributed by atoms with van der Waals surface area (Å²) in [6, 6.07) is -0.758. The second kappa shape index (κ2) is 65.7. The smallest absolute Gasteiger partial charge is 0.391 e. The van der Waals surface area contributed by atoms with Crippen molar-refractivity contribution in [2.75, 3.05) is 40.9 Å². The molecule has 0 spiro atoms. The van der Waals surface area contributed by atoms with Gasteiger partial charge in [0.2, 0.25) is 5.91 Å². The number of hydrogen-bond donors (Lipinski definition) is 3. The fourth-order valence-electron chi connectivity index (χ4n) is 11.9. The molecule has 3 unspecified atom stereocenters. The Morgan fingerprint density at radius 1 is 0.398 bits per heavy atom. The molecule has 0 aliphatic heterocycles. The Bertz CT molecular complexity index is 1360. The van der Waals surface area contributed by atoms with Gasteiger partial charge in [-0.3, -0.25) is 13.8 Å². The number of likely N-dealkylation sites (N-methyl/N-ethyl adjacent to an activating group) is 1. The summed E-state index contributed by atoms with van der Waals surface area (Å²) in [6.45, 7) is 4.96. The highest BCUT2D eigenvalue weighted by Gasteiger charge is 2.28. The third-order valence-electron chi connectivity index (χ3n) is 17.8. The van der Waals surface area contributed by atoms with E-state index in [1.165, 1.54) is 340 Å². The van der Waals surface area contributed by atoms with Crippen LogP contribution in [0.5, 0.6) is 0 Å². The Kier molecular flexibility index (Phi) is 65.1. The number of nitrogens with one attached hydrogen (secondary N) is 1. The zero-order valence-corrected chi connectivity index (χ0v) is 57.9. The van der Waals surface area contributed by atoms with Crippen LogP contribution in [0, 0.1) is 0 Å². The largest absolute Gasteiger partial charge is 0.472 e. The van der Waals surface area contributed by atoms with Crippen LogP contribution < -0.4 is 5.32 Å². The van der Waals surface area contributed by atoms with Crippen LogP contribution in [0.15, 0.2) is 12.2 Å². The molecule has 3 N–H and O–H groups in total. The molecule has 1 amide bonds. The van der Waals surface area contributed by atoms with Gasteiger partial charge < -0.3 is 19.8 Å². The number of quaternary nitrogens is 1. The Balaban J connectivity index is 3.91. The predicted molar refractivity (Wildman–Crippen MR) is 365 cm³/mol. The number of aliphatic hydroxyl groups excluding tert-OH is 1. The van der Waals surface area contributed by atoms with Crippen LogP contribution in [0.4, 0.5) is 0 Å². The van der Waals surface area contributed by atoms with Gasteiger partial charge >= 0.3 is 7.82 Å². The lowest BCUT2D eigenvalue weighted by atomic mass is 10.0. The molecule has 0 bridgehead atoms. The summed E-state index contributed by atoms with van der Waals surface area (Å²) in [6.07, 6.45) is 84.9. The number of hydrogen-bond acceptors (Lipinski definition) is 5. The summed E-state index contributed by atoms with van der Waals surface area (Å²) in [7, 11) is 1.64. The van der Waals surface area contributed by atoms with Crippen LogP contribution in [0.2, 0.25) is 0 Å². The molecule has 3 atom stereocenters. The second-order valence-electron chi connectivity index (χ2n) is 27.4. The van der Waals surface area contributed by atoms with E-state index in [4.69, 9.17) is 9.05 Å². The van der Waals surface area contributed by atoms with Crippen LogP contribution in [0.1, 0.15) is 406 Å². The maximum absolute atomic E-state index is 13.1. The molecule has 0 aromatic carbocycles. The molecule has 0 aromatic rings. The number of rotatable bonds is 71. The Morgan fingerprint density at radius 3 is 0.928 bits per heavy atom. The third-order valence-corrected chi connectivity index (χ3v) is 18.7. The number of carbonyl (C=O) groups is 1. The Hall–Kier alpha value is -0.760. The highest BCUT2D eigenvalue weighted by atomic mass is 31.2. The zero-order valence-electron chi connectivity index (χ0n) is 57.0. The number of phosphoric acid groups is 1. The molecule has 0 aliphatic carbocycles. The van der Waals surface area contributed by atoms with E-state index in [0.717, 1.165) is 38.5 Å². The number of amides is 1. The molecule has 0 heterocycles. The molecule has 0 saturated heterocycles. The Labute approximate surface area is 520 Å². The van der Waals surface area contributed by atoms with Gasteiger partial charge in [0.05, 0.1) is 39.9 Å². The SMILES string of the molecule is CCCCCCCCCC/C=C\CCCCCCCCCCCCCCCCCCCCCCCCCCCC(=O)NC(COP(=O)(O)OCC[N+](C)(C)C)C(O)CCCCCCCCCCCCCCCCCCCCCCCCCC. The molecule has 0 radical (unpaired) electrons. The quantitative estimate of drug-likeness (QED) is 0.0243. The van der Waals surface area contributed by atoms with Gasteiger partial charge in [0.15, 0.2) is 0 Å². The second-order valence-corrected chi connectivity index (χ2v) is 28.8. The van der Waals surface area contributed by atoms with Gasteiger partial charge in [-0.1, -0.05) is 373 Å².